The van der Waals surface area contributed by atoms with E-state index in [1.54, 1.807) is 0 Å². The molecule has 2 aliphatic carbocycles. The smallest absolute Gasteiger partial charge is 0.335 e. The van der Waals surface area contributed by atoms with Crippen molar-refractivity contribution in [2.24, 2.45) is 0 Å². The first-order valence-corrected chi connectivity index (χ1v) is 17.3. The highest BCUT2D eigenvalue weighted by Gasteiger charge is 2.40. The van der Waals surface area contributed by atoms with Crippen LogP contribution in [0.4, 0.5) is 40.8 Å². The van der Waals surface area contributed by atoms with Crippen molar-refractivity contribution < 1.29 is 58.2 Å². The van der Waals surface area contributed by atoms with Gasteiger partial charge in [0.1, 0.15) is 17.5 Å². The molecule has 2 aliphatic rings. The number of sulfonamides is 1. The van der Waals surface area contributed by atoms with Crippen LogP contribution in [-0.2, 0) is 27.9 Å². The molecular weight excluding hydrogens is 724 g/mol. The quantitative estimate of drug-likeness (QED) is 0.0900. The van der Waals surface area contributed by atoms with Crippen LogP contribution in [0.15, 0.2) is 53.4 Å². The Morgan fingerprint density at radius 1 is 0.731 bits per heavy atom. The number of hydrogen-bond acceptors (Lipinski definition) is 4. The van der Waals surface area contributed by atoms with Gasteiger partial charge in [0.05, 0.1) is 18.7 Å². The largest absolute Gasteiger partial charge is 0.478 e. The number of halogens is 8. The van der Waals surface area contributed by atoms with Crippen LogP contribution in [0.3, 0.4) is 0 Å². The van der Waals surface area contributed by atoms with E-state index in [9.17, 15) is 58.2 Å². The van der Waals surface area contributed by atoms with Crippen molar-refractivity contribution in [3.8, 4) is 0 Å². The molecule has 0 radical (unpaired) electrons. The van der Waals surface area contributed by atoms with Gasteiger partial charge in [-0.3, -0.25) is 4.79 Å². The second-order valence-corrected chi connectivity index (χ2v) is 14.7. The summed E-state index contributed by atoms with van der Waals surface area (Å²) in [4.78, 5) is 24.6. The Morgan fingerprint density at radius 2 is 1.25 bits per heavy atom. The second kappa shape index (κ2) is 14.0. The fraction of sp³-hybridized carbons (Fsp3) is 0.278. The molecule has 2 saturated carbocycles. The van der Waals surface area contributed by atoms with Crippen LogP contribution in [0.5, 0.6) is 0 Å². The minimum Gasteiger partial charge on any atom is -0.478 e. The fourth-order valence-electron chi connectivity index (χ4n) is 6.03. The van der Waals surface area contributed by atoms with Crippen molar-refractivity contribution >= 4 is 27.6 Å². The molecule has 52 heavy (non-hydrogen) atoms. The zero-order valence-electron chi connectivity index (χ0n) is 27.1. The Morgan fingerprint density at radius 3 is 1.73 bits per heavy atom. The van der Waals surface area contributed by atoms with Crippen LogP contribution in [0.2, 0.25) is 0 Å². The average molecular weight is 753 g/mol. The minimum absolute atomic E-state index is 0.0486. The highest BCUT2D eigenvalue weighted by Crippen LogP contribution is 2.45. The van der Waals surface area contributed by atoms with Crippen LogP contribution >= 0.6 is 0 Å². The molecule has 0 aromatic heterocycles. The van der Waals surface area contributed by atoms with E-state index in [1.165, 1.54) is 19.1 Å². The summed E-state index contributed by atoms with van der Waals surface area (Å²) >= 11 is 0. The standard InChI is InChI=1S/C36H28F8N2O5S/c1-17-8-21(36(48)49)6-7-28(17)46(14-18-9-22(19-2-3-19)11-23(10-18)20-4-5-20)29(47)16-45(15-25-26(38)12-24(37)13-27(25)39)52(50,51)35-33(43)31(41)30(40)32(42)34(35)44/h6-13,19-20H,2-5,14-16H2,1H3,(H,48,49). The number of carbonyl (C=O) groups excluding carboxylic acids is 1. The Hall–Kier alpha value is -4.83. The van der Waals surface area contributed by atoms with Crippen LogP contribution in [0, 0.1) is 53.5 Å². The molecule has 0 unspecified atom stereocenters. The van der Waals surface area contributed by atoms with E-state index < -0.39 is 92.0 Å². The van der Waals surface area contributed by atoms with E-state index >= 15 is 0 Å². The number of carboxylic acid groups (broad SMARTS) is 1. The van der Waals surface area contributed by atoms with E-state index in [0.717, 1.165) is 47.8 Å². The summed E-state index contributed by atoms with van der Waals surface area (Å²) in [6.07, 6.45) is 3.75. The Labute approximate surface area is 292 Å². The lowest BCUT2D eigenvalue weighted by Crippen LogP contribution is -2.43. The molecule has 0 spiro atoms. The maximum absolute atomic E-state index is 15.0. The number of anilines is 1. The molecule has 1 amide bonds. The van der Waals surface area contributed by atoms with E-state index in [4.69, 9.17) is 0 Å². The Kier molecular flexibility index (Phi) is 9.91. The average Bonchev–Trinajstić information content (AvgIpc) is 4.00. The Bertz CT molecular complexity index is 2160. The van der Waals surface area contributed by atoms with Crippen molar-refractivity contribution in [2.75, 3.05) is 11.4 Å². The van der Waals surface area contributed by atoms with E-state index in [1.807, 2.05) is 12.1 Å². The van der Waals surface area contributed by atoms with Gasteiger partial charge in [-0.25, -0.2) is 48.3 Å². The summed E-state index contributed by atoms with van der Waals surface area (Å²) in [5.74, 6) is -20.3. The zero-order valence-corrected chi connectivity index (χ0v) is 27.9. The molecule has 7 nitrogen and oxygen atoms in total. The van der Waals surface area contributed by atoms with Crippen LogP contribution in [0.25, 0.3) is 0 Å². The summed E-state index contributed by atoms with van der Waals surface area (Å²) in [6.45, 7) is -1.87. The van der Waals surface area contributed by atoms with Gasteiger partial charge in [0, 0.05) is 29.9 Å². The maximum atomic E-state index is 15.0. The lowest BCUT2D eigenvalue weighted by molar-refractivity contribution is -0.119. The SMILES string of the molecule is Cc1cc(C(=O)O)ccc1N(Cc1cc(C2CC2)cc(C2CC2)c1)C(=O)CN(Cc1c(F)cc(F)cc1F)S(=O)(=O)c1c(F)c(F)c(F)c(F)c1F. The van der Waals surface area contributed by atoms with Crippen LogP contribution < -0.4 is 4.90 Å². The molecule has 2 fully saturated rings. The van der Waals surface area contributed by atoms with Gasteiger partial charge in [0.2, 0.25) is 21.7 Å². The topological polar surface area (TPSA) is 95.0 Å². The van der Waals surface area contributed by atoms with Gasteiger partial charge in [-0.1, -0.05) is 18.2 Å². The molecular formula is C36H28F8N2O5S. The number of nitrogens with zero attached hydrogens (tertiary/aromatic N) is 2. The van der Waals surface area contributed by atoms with Crippen molar-refractivity contribution in [3.05, 3.63) is 128 Å². The van der Waals surface area contributed by atoms with Gasteiger partial charge in [0.15, 0.2) is 28.2 Å². The summed E-state index contributed by atoms with van der Waals surface area (Å²) < 4.78 is 143. The van der Waals surface area contributed by atoms with E-state index in [0.29, 0.717) is 5.56 Å². The molecule has 6 rings (SSSR count). The van der Waals surface area contributed by atoms with Crippen molar-refractivity contribution in [2.45, 2.75) is 62.4 Å². The lowest BCUT2D eigenvalue weighted by atomic mass is 9.99. The summed E-state index contributed by atoms with van der Waals surface area (Å²) in [5, 5.41) is 9.50. The third-order valence-corrected chi connectivity index (χ3v) is 10.8. The van der Waals surface area contributed by atoms with Gasteiger partial charge < -0.3 is 10.0 Å². The van der Waals surface area contributed by atoms with E-state index in [2.05, 4.69) is 6.07 Å². The van der Waals surface area contributed by atoms with Gasteiger partial charge in [0.25, 0.3) is 0 Å². The highest BCUT2D eigenvalue weighted by molar-refractivity contribution is 7.89. The number of carboxylic acids is 1. The number of amides is 1. The maximum Gasteiger partial charge on any atom is 0.335 e. The number of aromatic carboxylic acids is 1. The molecule has 0 aliphatic heterocycles. The zero-order chi connectivity index (χ0) is 37.8. The molecule has 4 aromatic rings. The van der Waals surface area contributed by atoms with Gasteiger partial charge in [-0.15, -0.1) is 0 Å². The number of aryl methyl sites for hydroxylation is 1. The highest BCUT2D eigenvalue weighted by atomic mass is 32.2. The first-order chi connectivity index (χ1) is 24.5. The van der Waals surface area contributed by atoms with Crippen molar-refractivity contribution in [3.63, 3.8) is 0 Å². The third kappa shape index (κ3) is 7.26. The second-order valence-electron chi connectivity index (χ2n) is 12.9. The fourth-order valence-corrected chi connectivity index (χ4v) is 7.49. The molecule has 0 atom stereocenters. The molecule has 16 heteroatoms. The monoisotopic (exact) mass is 752 g/mol. The van der Waals surface area contributed by atoms with Crippen LogP contribution in [0.1, 0.15) is 75.7 Å². The number of hydrogen-bond donors (Lipinski definition) is 1. The third-order valence-electron chi connectivity index (χ3n) is 9.03. The van der Waals surface area contributed by atoms with Gasteiger partial charge >= 0.3 is 5.97 Å². The minimum atomic E-state index is -6.01. The van der Waals surface area contributed by atoms with Gasteiger partial charge in [-0.05, 0) is 84.9 Å². The number of benzene rings is 4. The summed E-state index contributed by atoms with van der Waals surface area (Å²) in [7, 11) is -6.01. The number of rotatable bonds is 12. The van der Waals surface area contributed by atoms with E-state index in [-0.39, 0.29) is 51.6 Å². The van der Waals surface area contributed by atoms with Crippen molar-refractivity contribution in [1.82, 2.24) is 4.31 Å². The molecule has 1 N–H and O–H groups in total. The molecule has 0 bridgehead atoms. The Balaban J connectivity index is 1.47. The predicted octanol–water partition coefficient (Wildman–Crippen LogP) is 7.99. The molecule has 0 heterocycles. The van der Waals surface area contributed by atoms with Crippen molar-refractivity contribution in [1.29, 1.82) is 0 Å². The lowest BCUT2D eigenvalue weighted by Gasteiger charge is -2.29. The summed E-state index contributed by atoms with van der Waals surface area (Å²) in [6, 6.07) is 9.72. The molecule has 4 aromatic carbocycles. The van der Waals surface area contributed by atoms with Crippen LogP contribution in [-0.4, -0.2) is 36.3 Å². The molecule has 0 saturated heterocycles. The van der Waals surface area contributed by atoms with Gasteiger partial charge in [-0.2, -0.15) is 4.31 Å². The first kappa shape index (κ1) is 36.9. The normalized spacial score (nSPS) is 14.6. The predicted molar refractivity (Wildman–Crippen MR) is 170 cm³/mol. The number of carbonyl (C=O) groups is 2. The first-order valence-electron chi connectivity index (χ1n) is 15.9. The summed E-state index contributed by atoms with van der Waals surface area (Å²) in [5.41, 5.74) is 1.46. The molecule has 274 valence electrons.